The Bertz CT molecular complexity index is 1220. The van der Waals surface area contributed by atoms with E-state index in [0.717, 1.165) is 11.1 Å². The molecule has 0 spiro atoms. The Morgan fingerprint density at radius 1 is 1.03 bits per heavy atom. The van der Waals surface area contributed by atoms with Crippen LogP contribution in [0.25, 0.3) is 0 Å². The zero-order chi connectivity index (χ0) is 22.6. The SMILES string of the molecule is C=CCN(c1ccccc1Cl)S(=O)(=O)c1cccc(C(=O)Nc2c(C)cccc2C)c1. The van der Waals surface area contributed by atoms with E-state index in [1.165, 1.54) is 22.5 Å². The van der Waals surface area contributed by atoms with E-state index in [9.17, 15) is 13.2 Å². The molecule has 0 aromatic heterocycles. The average Bonchev–Trinajstić information content (AvgIpc) is 2.75. The maximum absolute atomic E-state index is 13.4. The summed E-state index contributed by atoms with van der Waals surface area (Å²) < 4.78 is 28.0. The van der Waals surface area contributed by atoms with Gasteiger partial charge in [-0.25, -0.2) is 8.42 Å². The van der Waals surface area contributed by atoms with E-state index in [1.54, 1.807) is 36.4 Å². The summed E-state index contributed by atoms with van der Waals surface area (Å²) in [7, 11) is -3.99. The second-order valence-electron chi connectivity index (χ2n) is 7.02. The van der Waals surface area contributed by atoms with Gasteiger partial charge in [0.1, 0.15) is 0 Å². The van der Waals surface area contributed by atoms with Crippen LogP contribution in [0.1, 0.15) is 21.5 Å². The van der Waals surface area contributed by atoms with Gasteiger partial charge in [0, 0.05) is 11.3 Å². The molecule has 0 radical (unpaired) electrons. The highest BCUT2D eigenvalue weighted by atomic mass is 35.5. The molecule has 5 nitrogen and oxygen atoms in total. The fourth-order valence-corrected chi connectivity index (χ4v) is 5.01. The van der Waals surface area contributed by atoms with Crippen LogP contribution in [0.4, 0.5) is 11.4 Å². The quantitative estimate of drug-likeness (QED) is 0.473. The lowest BCUT2D eigenvalue weighted by molar-refractivity contribution is 0.102. The summed E-state index contributed by atoms with van der Waals surface area (Å²) in [6.45, 7) is 7.50. The molecule has 7 heteroatoms. The van der Waals surface area contributed by atoms with Crippen molar-refractivity contribution in [1.29, 1.82) is 0 Å². The number of halogens is 1. The summed E-state index contributed by atoms with van der Waals surface area (Å²) in [4.78, 5) is 12.8. The van der Waals surface area contributed by atoms with E-state index < -0.39 is 10.0 Å². The monoisotopic (exact) mass is 454 g/mol. The van der Waals surface area contributed by atoms with Crippen LogP contribution in [0, 0.1) is 13.8 Å². The van der Waals surface area contributed by atoms with E-state index in [1.807, 2.05) is 32.0 Å². The van der Waals surface area contributed by atoms with E-state index in [4.69, 9.17) is 11.6 Å². The molecule has 0 fully saturated rings. The van der Waals surface area contributed by atoms with Crippen LogP contribution in [0.3, 0.4) is 0 Å². The summed E-state index contributed by atoms with van der Waals surface area (Å²) in [5.41, 5.74) is 3.14. The second kappa shape index (κ2) is 9.37. The Labute approximate surface area is 188 Å². The van der Waals surface area contributed by atoms with Gasteiger partial charge < -0.3 is 5.32 Å². The molecule has 0 bridgehead atoms. The van der Waals surface area contributed by atoms with Gasteiger partial charge in [0.2, 0.25) is 0 Å². The number of amides is 1. The second-order valence-corrected chi connectivity index (χ2v) is 9.29. The van der Waals surface area contributed by atoms with Crippen molar-refractivity contribution in [2.45, 2.75) is 18.7 Å². The maximum atomic E-state index is 13.4. The first-order valence-corrected chi connectivity index (χ1v) is 11.4. The van der Waals surface area contributed by atoms with Gasteiger partial charge in [-0.2, -0.15) is 0 Å². The highest BCUT2D eigenvalue weighted by Crippen LogP contribution is 2.30. The Kier molecular flexibility index (Phi) is 6.83. The predicted octanol–water partition coefficient (Wildman–Crippen LogP) is 5.59. The lowest BCUT2D eigenvalue weighted by Crippen LogP contribution is -2.31. The Balaban J connectivity index is 1.98. The van der Waals surface area contributed by atoms with Crippen molar-refractivity contribution >= 4 is 38.9 Å². The van der Waals surface area contributed by atoms with Crippen LogP contribution in [0.15, 0.2) is 84.3 Å². The Morgan fingerprint density at radius 2 is 1.68 bits per heavy atom. The number of para-hydroxylation sites is 2. The number of rotatable bonds is 7. The number of carbonyl (C=O) groups is 1. The number of nitrogens with zero attached hydrogens (tertiary/aromatic N) is 1. The highest BCUT2D eigenvalue weighted by Gasteiger charge is 2.26. The van der Waals surface area contributed by atoms with E-state index in [-0.39, 0.29) is 22.9 Å². The van der Waals surface area contributed by atoms with Gasteiger partial charge in [-0.3, -0.25) is 9.10 Å². The zero-order valence-electron chi connectivity index (χ0n) is 17.3. The van der Waals surface area contributed by atoms with Gasteiger partial charge in [-0.15, -0.1) is 6.58 Å². The van der Waals surface area contributed by atoms with Crippen LogP contribution in [-0.4, -0.2) is 20.9 Å². The summed E-state index contributed by atoms with van der Waals surface area (Å²) in [5.74, 6) is -0.387. The summed E-state index contributed by atoms with van der Waals surface area (Å²) >= 11 is 6.25. The molecule has 0 aliphatic carbocycles. The van der Waals surface area contributed by atoms with Crippen LogP contribution in [-0.2, 0) is 10.0 Å². The minimum Gasteiger partial charge on any atom is -0.322 e. The molecular formula is C24H23ClN2O3S. The van der Waals surface area contributed by atoms with Gasteiger partial charge in [-0.1, -0.05) is 54.1 Å². The predicted molar refractivity (Wildman–Crippen MR) is 126 cm³/mol. The van der Waals surface area contributed by atoms with Crippen LogP contribution in [0.5, 0.6) is 0 Å². The summed E-state index contributed by atoms with van der Waals surface area (Å²) in [5, 5.41) is 3.19. The van der Waals surface area contributed by atoms with Crippen molar-refractivity contribution in [3.63, 3.8) is 0 Å². The number of aryl methyl sites for hydroxylation is 2. The first-order chi connectivity index (χ1) is 14.8. The third kappa shape index (κ3) is 4.81. The summed E-state index contributed by atoms with van der Waals surface area (Å²) in [6, 6.07) is 18.3. The van der Waals surface area contributed by atoms with Crippen molar-refractivity contribution in [3.05, 3.63) is 101 Å². The maximum Gasteiger partial charge on any atom is 0.264 e. The molecule has 0 saturated heterocycles. The molecule has 0 heterocycles. The molecular weight excluding hydrogens is 432 g/mol. The van der Waals surface area contributed by atoms with E-state index in [2.05, 4.69) is 11.9 Å². The van der Waals surface area contributed by atoms with Gasteiger partial charge >= 0.3 is 0 Å². The fourth-order valence-electron chi connectivity index (χ4n) is 3.22. The molecule has 0 saturated carbocycles. The van der Waals surface area contributed by atoms with Gasteiger partial charge in [0.05, 0.1) is 22.2 Å². The normalized spacial score (nSPS) is 11.1. The van der Waals surface area contributed by atoms with Crippen molar-refractivity contribution in [1.82, 2.24) is 0 Å². The molecule has 31 heavy (non-hydrogen) atoms. The Morgan fingerprint density at radius 3 is 2.32 bits per heavy atom. The molecule has 0 atom stereocenters. The van der Waals surface area contributed by atoms with Gasteiger partial charge in [-0.05, 0) is 55.3 Å². The average molecular weight is 455 g/mol. The van der Waals surface area contributed by atoms with Gasteiger partial charge in [0.15, 0.2) is 0 Å². The first kappa shape index (κ1) is 22.6. The number of anilines is 2. The zero-order valence-corrected chi connectivity index (χ0v) is 18.9. The van der Waals surface area contributed by atoms with Crippen LogP contribution in [0.2, 0.25) is 5.02 Å². The van der Waals surface area contributed by atoms with Crippen LogP contribution >= 0.6 is 11.6 Å². The van der Waals surface area contributed by atoms with Crippen molar-refractivity contribution in [2.75, 3.05) is 16.2 Å². The van der Waals surface area contributed by atoms with E-state index >= 15 is 0 Å². The van der Waals surface area contributed by atoms with Gasteiger partial charge in [0.25, 0.3) is 15.9 Å². The molecule has 0 aliphatic heterocycles. The molecule has 160 valence electrons. The third-order valence-corrected chi connectivity index (χ3v) is 6.92. The lowest BCUT2D eigenvalue weighted by Gasteiger charge is -2.24. The number of hydrogen-bond donors (Lipinski definition) is 1. The summed E-state index contributed by atoms with van der Waals surface area (Å²) in [6.07, 6.45) is 1.48. The van der Waals surface area contributed by atoms with Crippen molar-refractivity contribution < 1.29 is 13.2 Å². The Hall–Kier alpha value is -3.09. The largest absolute Gasteiger partial charge is 0.322 e. The minimum absolute atomic E-state index is 0.0107. The molecule has 3 aromatic carbocycles. The number of carbonyl (C=O) groups excluding carboxylic acids is 1. The minimum atomic E-state index is -3.99. The standard InChI is InChI=1S/C24H23ClN2O3S/c1-4-15-27(22-14-6-5-13-21(22)25)31(29,30)20-12-8-11-19(16-20)24(28)26-23-17(2)9-7-10-18(23)3/h4-14,16H,1,15H2,2-3H3,(H,26,28). The number of sulfonamides is 1. The first-order valence-electron chi connectivity index (χ1n) is 9.61. The molecule has 1 amide bonds. The topological polar surface area (TPSA) is 66.5 Å². The van der Waals surface area contributed by atoms with E-state index in [0.29, 0.717) is 16.4 Å². The molecule has 3 rings (SSSR count). The number of hydrogen-bond acceptors (Lipinski definition) is 3. The highest BCUT2D eigenvalue weighted by molar-refractivity contribution is 7.92. The molecule has 3 aromatic rings. The number of benzene rings is 3. The molecule has 0 unspecified atom stereocenters. The third-order valence-electron chi connectivity index (χ3n) is 4.82. The van der Waals surface area contributed by atoms with Crippen molar-refractivity contribution in [3.8, 4) is 0 Å². The molecule has 1 N–H and O–H groups in total. The fraction of sp³-hybridized carbons (Fsp3) is 0.125. The van der Waals surface area contributed by atoms with Crippen molar-refractivity contribution in [2.24, 2.45) is 0 Å². The van der Waals surface area contributed by atoms with Crippen LogP contribution < -0.4 is 9.62 Å². The number of nitrogens with one attached hydrogen (secondary N) is 1. The molecule has 0 aliphatic rings. The lowest BCUT2D eigenvalue weighted by atomic mass is 10.1. The smallest absolute Gasteiger partial charge is 0.264 e.